The maximum absolute atomic E-state index is 12.3. The number of methoxy groups -OCH3 is 1. The number of amides is 1. The molecule has 2 fully saturated rings. The van der Waals surface area contributed by atoms with Gasteiger partial charge in [-0.2, -0.15) is 4.79 Å². The van der Waals surface area contributed by atoms with Crippen molar-refractivity contribution in [3.8, 4) is 0 Å². The van der Waals surface area contributed by atoms with Crippen LogP contribution < -0.4 is 0 Å². The fraction of sp³-hybridized carbons (Fsp3) is 0.875. The first-order valence-corrected chi connectivity index (χ1v) is 8.22. The Morgan fingerprint density at radius 2 is 2.05 bits per heavy atom. The van der Waals surface area contributed by atoms with Crippen molar-refractivity contribution in [2.75, 3.05) is 40.3 Å². The summed E-state index contributed by atoms with van der Waals surface area (Å²) in [6, 6.07) is 0.989. The van der Waals surface area contributed by atoms with Crippen LogP contribution in [0.4, 0.5) is 4.79 Å². The highest BCUT2D eigenvalue weighted by Crippen LogP contribution is 2.32. The van der Waals surface area contributed by atoms with Crippen LogP contribution in [0.1, 0.15) is 38.5 Å². The van der Waals surface area contributed by atoms with Crippen molar-refractivity contribution < 1.29 is 14.0 Å². The van der Waals surface area contributed by atoms with E-state index in [1.807, 2.05) is 7.05 Å². The highest BCUT2D eigenvalue weighted by molar-refractivity contribution is 5.59. The Labute approximate surface area is 128 Å². The maximum atomic E-state index is 12.3. The lowest BCUT2D eigenvalue weighted by Crippen LogP contribution is -2.60. The molecule has 1 heterocycles. The van der Waals surface area contributed by atoms with Crippen LogP contribution in [0.3, 0.4) is 0 Å². The molecule has 1 saturated carbocycles. The number of ether oxygens (including phenoxy) is 1. The van der Waals surface area contributed by atoms with Gasteiger partial charge in [0.2, 0.25) is 0 Å². The van der Waals surface area contributed by atoms with Gasteiger partial charge in [-0.15, -0.1) is 0 Å². The Kier molecular flexibility index (Phi) is 5.76. The van der Waals surface area contributed by atoms with Gasteiger partial charge in [0, 0.05) is 18.9 Å². The van der Waals surface area contributed by atoms with E-state index in [2.05, 4.69) is 16.6 Å². The largest absolute Gasteiger partial charge is 0.515 e. The predicted molar refractivity (Wildman–Crippen MR) is 84.7 cm³/mol. The van der Waals surface area contributed by atoms with E-state index in [1.165, 1.54) is 45.9 Å². The van der Waals surface area contributed by atoms with Crippen molar-refractivity contribution in [3.63, 3.8) is 0 Å². The van der Waals surface area contributed by atoms with E-state index >= 15 is 0 Å². The fourth-order valence-electron chi connectivity index (χ4n) is 4.00. The van der Waals surface area contributed by atoms with Gasteiger partial charge in [0.15, 0.2) is 0 Å². The number of likely N-dealkylation sites (N-methyl/N-ethyl adjacent to an activating group) is 1. The topological polar surface area (TPSA) is 41.9 Å². The summed E-state index contributed by atoms with van der Waals surface area (Å²) in [7, 11) is 3.50. The van der Waals surface area contributed by atoms with Gasteiger partial charge in [-0.1, -0.05) is 0 Å². The zero-order valence-corrected chi connectivity index (χ0v) is 13.6. The minimum atomic E-state index is -0.134. The van der Waals surface area contributed by atoms with E-state index < -0.39 is 0 Å². The first-order valence-electron chi connectivity index (χ1n) is 8.22. The van der Waals surface area contributed by atoms with E-state index in [1.54, 1.807) is 0 Å². The Hall–Kier alpha value is -0.940. The molecule has 2 aliphatic rings. The number of rotatable bonds is 5. The number of quaternary nitrogens is 1. The summed E-state index contributed by atoms with van der Waals surface area (Å²) in [5.41, 5.74) is 0. The minimum Gasteiger partial charge on any atom is -0.423 e. The lowest BCUT2D eigenvalue weighted by molar-refractivity contribution is -0.864. The molecule has 2 rings (SSSR count). The van der Waals surface area contributed by atoms with E-state index in [0.29, 0.717) is 29.7 Å². The van der Waals surface area contributed by atoms with Gasteiger partial charge in [-0.3, -0.25) is 4.99 Å². The van der Waals surface area contributed by atoms with Crippen molar-refractivity contribution in [3.05, 3.63) is 0 Å². The van der Waals surface area contributed by atoms with Crippen molar-refractivity contribution in [2.45, 2.75) is 50.6 Å². The third-order valence-electron chi connectivity index (χ3n) is 5.40. The first-order chi connectivity index (χ1) is 10.1. The second-order valence-electron chi connectivity index (χ2n) is 6.63. The number of likely N-dealkylation sites (tertiary alicyclic amines) is 1. The molecular weight excluding hydrogens is 266 g/mol. The summed E-state index contributed by atoms with van der Waals surface area (Å²) in [5.74, 6) is 0. The molecule has 1 saturated heterocycles. The third-order valence-corrected chi connectivity index (χ3v) is 5.40. The van der Waals surface area contributed by atoms with E-state index in [4.69, 9.17) is 4.74 Å². The molecule has 0 aromatic heterocycles. The Morgan fingerprint density at radius 1 is 1.33 bits per heavy atom. The molecule has 0 aromatic carbocycles. The van der Waals surface area contributed by atoms with Crippen molar-refractivity contribution >= 4 is 12.8 Å². The normalized spacial score (nSPS) is 29.8. The van der Waals surface area contributed by atoms with E-state index in [9.17, 15) is 4.79 Å². The van der Waals surface area contributed by atoms with Gasteiger partial charge in [-0.05, 0) is 45.5 Å². The van der Waals surface area contributed by atoms with Gasteiger partial charge >= 0.3 is 6.09 Å². The second-order valence-corrected chi connectivity index (χ2v) is 6.63. The summed E-state index contributed by atoms with van der Waals surface area (Å²) in [6.45, 7) is 7.31. The molecule has 5 nitrogen and oxygen atoms in total. The predicted octanol–water partition coefficient (Wildman–Crippen LogP) is 2.31. The van der Waals surface area contributed by atoms with Crippen LogP contribution in [-0.2, 0) is 4.74 Å². The zero-order chi connectivity index (χ0) is 15.3. The second kappa shape index (κ2) is 7.36. The van der Waals surface area contributed by atoms with Crippen molar-refractivity contribution in [2.24, 2.45) is 4.99 Å². The maximum Gasteiger partial charge on any atom is 0.515 e. The molecule has 0 aromatic rings. The number of carbonyl (C=O) groups excluding carboxylic acids is 1. The Balaban J connectivity index is 2.07. The fourth-order valence-corrected chi connectivity index (χ4v) is 4.00. The zero-order valence-electron chi connectivity index (χ0n) is 13.6. The molecule has 0 spiro atoms. The van der Waals surface area contributed by atoms with Crippen LogP contribution in [0, 0.1) is 0 Å². The molecule has 0 N–H and O–H groups in total. The van der Waals surface area contributed by atoms with Gasteiger partial charge in [0.1, 0.15) is 12.6 Å². The summed E-state index contributed by atoms with van der Waals surface area (Å²) >= 11 is 0. The van der Waals surface area contributed by atoms with Crippen LogP contribution in [0.2, 0.25) is 0 Å². The lowest BCUT2D eigenvalue weighted by atomic mass is 9.88. The number of hydrogen-bond acceptors (Lipinski definition) is 4. The van der Waals surface area contributed by atoms with Gasteiger partial charge in [-0.25, -0.2) is 4.48 Å². The number of aliphatic imine (C=N–C) groups is 1. The third kappa shape index (κ3) is 3.64. The number of nitrogens with zero attached hydrogens (tertiary/aromatic N) is 3. The monoisotopic (exact) mass is 296 g/mol. The summed E-state index contributed by atoms with van der Waals surface area (Å²) in [5, 5.41) is 0. The van der Waals surface area contributed by atoms with Gasteiger partial charge < -0.3 is 9.64 Å². The molecule has 1 aliphatic carbocycles. The van der Waals surface area contributed by atoms with Crippen molar-refractivity contribution in [1.82, 2.24) is 4.90 Å². The molecule has 120 valence electrons. The molecule has 0 radical (unpaired) electrons. The molecule has 1 amide bonds. The molecular formula is C16H30N3O2+. The SMILES string of the molecule is C=NCC[N+](C)(C(=O)OC)C1CCCC(N2CCCC2)C1. The molecule has 1 aliphatic heterocycles. The van der Waals surface area contributed by atoms with E-state index in [-0.39, 0.29) is 6.09 Å². The molecule has 3 unspecified atom stereocenters. The molecule has 5 heteroatoms. The minimum absolute atomic E-state index is 0.134. The van der Waals surface area contributed by atoms with Crippen LogP contribution in [0.15, 0.2) is 4.99 Å². The highest BCUT2D eigenvalue weighted by Gasteiger charge is 2.44. The average molecular weight is 296 g/mol. The van der Waals surface area contributed by atoms with E-state index in [0.717, 1.165) is 12.8 Å². The van der Waals surface area contributed by atoms with Gasteiger partial charge in [0.25, 0.3) is 0 Å². The smallest absolute Gasteiger partial charge is 0.423 e. The first kappa shape index (κ1) is 16.4. The standard InChI is InChI=1S/C16H30N3O2/c1-17-9-12-19(2,16(20)21-3)15-8-6-7-14(13-15)18-10-4-5-11-18/h14-15H,1,4-13H2,2-3H3/q+1. The van der Waals surface area contributed by atoms with Crippen molar-refractivity contribution in [1.29, 1.82) is 0 Å². The van der Waals surface area contributed by atoms with Crippen LogP contribution in [0.5, 0.6) is 0 Å². The summed E-state index contributed by atoms with van der Waals surface area (Å²) in [6.07, 6.45) is 7.20. The average Bonchev–Trinajstić information content (AvgIpc) is 3.06. The summed E-state index contributed by atoms with van der Waals surface area (Å²) in [4.78, 5) is 18.9. The Bertz CT molecular complexity index is 369. The lowest BCUT2D eigenvalue weighted by Gasteiger charge is -2.43. The molecule has 0 bridgehead atoms. The molecule has 3 atom stereocenters. The van der Waals surface area contributed by atoms with Crippen LogP contribution in [-0.4, -0.2) is 74.6 Å². The molecule has 21 heavy (non-hydrogen) atoms. The van der Waals surface area contributed by atoms with Gasteiger partial charge in [0.05, 0.1) is 20.7 Å². The quantitative estimate of drug-likeness (QED) is 0.577. The number of hydrogen-bond donors (Lipinski definition) is 0. The van der Waals surface area contributed by atoms with Crippen LogP contribution >= 0.6 is 0 Å². The Morgan fingerprint density at radius 3 is 2.67 bits per heavy atom. The van der Waals surface area contributed by atoms with Crippen LogP contribution in [0.25, 0.3) is 0 Å². The summed E-state index contributed by atoms with van der Waals surface area (Å²) < 4.78 is 5.43. The number of carbonyl (C=O) groups is 1. The highest BCUT2D eigenvalue weighted by atomic mass is 16.5.